The van der Waals surface area contributed by atoms with Crippen molar-refractivity contribution in [1.82, 2.24) is 4.57 Å². The Morgan fingerprint density at radius 3 is 2.67 bits per heavy atom. The summed E-state index contributed by atoms with van der Waals surface area (Å²) in [7, 11) is 0. The molecule has 0 aliphatic carbocycles. The van der Waals surface area contributed by atoms with Crippen molar-refractivity contribution in [1.29, 1.82) is 0 Å². The first kappa shape index (κ1) is 16.1. The standard InChI is InChI=1S/C16H11F3N2O2S/c17-11-4-3-10(21-6-1-2-7-21)9-12(11)20-15(22)14-13(5-8-24-14)23-16(18)19/h1-9,16H,(H,20,22). The highest BCUT2D eigenvalue weighted by Gasteiger charge is 2.19. The number of hydrogen-bond acceptors (Lipinski definition) is 3. The van der Waals surface area contributed by atoms with Crippen LogP contribution in [0.5, 0.6) is 5.75 Å². The van der Waals surface area contributed by atoms with Gasteiger partial charge in [-0.3, -0.25) is 4.79 Å². The Morgan fingerprint density at radius 1 is 1.21 bits per heavy atom. The van der Waals surface area contributed by atoms with E-state index < -0.39 is 18.3 Å². The van der Waals surface area contributed by atoms with Crippen molar-refractivity contribution in [3.05, 3.63) is 64.9 Å². The summed E-state index contributed by atoms with van der Waals surface area (Å²) in [6, 6.07) is 9.10. The van der Waals surface area contributed by atoms with Gasteiger partial charge in [-0.05, 0) is 41.8 Å². The van der Waals surface area contributed by atoms with Crippen LogP contribution >= 0.6 is 11.3 Å². The van der Waals surface area contributed by atoms with Gasteiger partial charge in [0.1, 0.15) is 16.4 Å². The van der Waals surface area contributed by atoms with E-state index in [4.69, 9.17) is 0 Å². The van der Waals surface area contributed by atoms with Crippen LogP contribution in [0, 0.1) is 5.82 Å². The fourth-order valence-corrected chi connectivity index (χ4v) is 2.83. The molecule has 0 radical (unpaired) electrons. The predicted octanol–water partition coefficient (Wildman–Crippen LogP) is 4.53. The Morgan fingerprint density at radius 2 is 1.96 bits per heavy atom. The Balaban J connectivity index is 1.84. The Labute approximate surface area is 139 Å². The third-order valence-corrected chi connectivity index (χ3v) is 4.05. The van der Waals surface area contributed by atoms with Crippen LogP contribution in [0.25, 0.3) is 5.69 Å². The van der Waals surface area contributed by atoms with E-state index in [9.17, 15) is 18.0 Å². The lowest BCUT2D eigenvalue weighted by molar-refractivity contribution is -0.0498. The summed E-state index contributed by atoms with van der Waals surface area (Å²) < 4.78 is 44.6. The minimum atomic E-state index is -3.04. The van der Waals surface area contributed by atoms with Crippen LogP contribution < -0.4 is 10.1 Å². The molecule has 2 heterocycles. The molecule has 0 saturated heterocycles. The van der Waals surface area contributed by atoms with Crippen molar-refractivity contribution < 1.29 is 22.7 Å². The van der Waals surface area contributed by atoms with E-state index in [1.54, 1.807) is 35.2 Å². The zero-order valence-electron chi connectivity index (χ0n) is 12.1. The summed E-state index contributed by atoms with van der Waals surface area (Å²) in [6.45, 7) is -3.04. The van der Waals surface area contributed by atoms with Gasteiger partial charge in [-0.2, -0.15) is 8.78 Å². The number of halogens is 3. The van der Waals surface area contributed by atoms with Crippen LogP contribution in [0.15, 0.2) is 54.2 Å². The summed E-state index contributed by atoms with van der Waals surface area (Å²) >= 11 is 0.929. The number of anilines is 1. The maximum absolute atomic E-state index is 14.0. The number of nitrogens with one attached hydrogen (secondary N) is 1. The third kappa shape index (κ3) is 3.43. The zero-order chi connectivity index (χ0) is 17.1. The van der Waals surface area contributed by atoms with Gasteiger partial charge in [-0.1, -0.05) is 0 Å². The summed E-state index contributed by atoms with van der Waals surface area (Å²) in [6.07, 6.45) is 3.54. The molecule has 8 heteroatoms. The lowest BCUT2D eigenvalue weighted by Gasteiger charge is -2.10. The van der Waals surface area contributed by atoms with E-state index in [-0.39, 0.29) is 16.3 Å². The molecular formula is C16H11F3N2O2S. The van der Waals surface area contributed by atoms with E-state index >= 15 is 0 Å². The molecule has 3 rings (SSSR count). The van der Waals surface area contributed by atoms with Crippen molar-refractivity contribution >= 4 is 22.9 Å². The molecule has 0 saturated carbocycles. The number of hydrogen-bond donors (Lipinski definition) is 1. The van der Waals surface area contributed by atoms with Crippen molar-refractivity contribution in [2.45, 2.75) is 6.61 Å². The maximum Gasteiger partial charge on any atom is 0.387 e. The molecular weight excluding hydrogens is 341 g/mol. The van der Waals surface area contributed by atoms with Crippen LogP contribution in [0.4, 0.5) is 18.9 Å². The minimum absolute atomic E-state index is 0.0532. The number of nitrogens with zero attached hydrogens (tertiary/aromatic N) is 1. The molecule has 124 valence electrons. The first-order valence-corrected chi connectivity index (χ1v) is 7.69. The van der Waals surface area contributed by atoms with E-state index in [2.05, 4.69) is 10.1 Å². The average molecular weight is 352 g/mol. The molecule has 1 aromatic carbocycles. The van der Waals surface area contributed by atoms with Crippen LogP contribution in [-0.4, -0.2) is 17.1 Å². The smallest absolute Gasteiger partial charge is 0.387 e. The summed E-state index contributed by atoms with van der Waals surface area (Å²) in [5, 5.41) is 3.83. The van der Waals surface area contributed by atoms with Crippen molar-refractivity contribution in [2.24, 2.45) is 0 Å². The van der Waals surface area contributed by atoms with E-state index in [1.165, 1.54) is 23.6 Å². The first-order valence-electron chi connectivity index (χ1n) is 6.81. The van der Waals surface area contributed by atoms with Crippen LogP contribution in [-0.2, 0) is 0 Å². The van der Waals surface area contributed by atoms with Gasteiger partial charge in [0.05, 0.1) is 5.69 Å². The predicted molar refractivity (Wildman–Crippen MR) is 84.6 cm³/mol. The Hall–Kier alpha value is -2.74. The number of rotatable bonds is 5. The Bertz CT molecular complexity index is 847. The number of benzene rings is 1. The third-order valence-electron chi connectivity index (χ3n) is 3.15. The van der Waals surface area contributed by atoms with Gasteiger partial charge < -0.3 is 14.6 Å². The molecule has 24 heavy (non-hydrogen) atoms. The van der Waals surface area contributed by atoms with Gasteiger partial charge >= 0.3 is 6.61 Å². The van der Waals surface area contributed by atoms with Gasteiger partial charge in [0.2, 0.25) is 0 Å². The second-order valence-electron chi connectivity index (χ2n) is 4.70. The molecule has 0 atom stereocenters. The highest BCUT2D eigenvalue weighted by molar-refractivity contribution is 7.12. The lowest BCUT2D eigenvalue weighted by atomic mass is 10.2. The van der Waals surface area contributed by atoms with Crippen LogP contribution in [0.1, 0.15) is 9.67 Å². The highest BCUT2D eigenvalue weighted by Crippen LogP contribution is 2.28. The molecule has 4 nitrogen and oxygen atoms in total. The molecule has 2 aromatic heterocycles. The molecule has 0 aliphatic heterocycles. The van der Waals surface area contributed by atoms with E-state index in [0.29, 0.717) is 5.69 Å². The molecule has 0 spiro atoms. The fraction of sp³-hybridized carbons (Fsp3) is 0.0625. The topological polar surface area (TPSA) is 43.3 Å². The molecule has 1 amide bonds. The lowest BCUT2D eigenvalue weighted by Crippen LogP contribution is -2.14. The van der Waals surface area contributed by atoms with E-state index in [1.807, 2.05) is 0 Å². The number of alkyl halides is 2. The fourth-order valence-electron chi connectivity index (χ4n) is 2.11. The first-order chi connectivity index (χ1) is 11.5. The second kappa shape index (κ2) is 6.79. The number of amides is 1. The molecule has 0 aliphatic rings. The van der Waals surface area contributed by atoms with Crippen LogP contribution in [0.3, 0.4) is 0 Å². The normalized spacial score (nSPS) is 10.8. The highest BCUT2D eigenvalue weighted by atomic mass is 32.1. The van der Waals surface area contributed by atoms with Crippen molar-refractivity contribution in [2.75, 3.05) is 5.32 Å². The summed E-state index contributed by atoms with van der Waals surface area (Å²) in [5.41, 5.74) is 0.592. The molecule has 0 fully saturated rings. The number of carbonyl (C=O) groups excluding carboxylic acids is 1. The Kier molecular flexibility index (Phi) is 4.57. The minimum Gasteiger partial charge on any atom is -0.433 e. The number of aromatic nitrogens is 1. The van der Waals surface area contributed by atoms with Crippen molar-refractivity contribution in [3.8, 4) is 11.4 Å². The SMILES string of the molecule is O=C(Nc1cc(-n2cccc2)ccc1F)c1sccc1OC(F)F. The summed E-state index contributed by atoms with van der Waals surface area (Å²) in [5.74, 6) is -1.59. The average Bonchev–Trinajstić information content (AvgIpc) is 3.20. The molecule has 3 aromatic rings. The van der Waals surface area contributed by atoms with Crippen molar-refractivity contribution in [3.63, 3.8) is 0 Å². The molecule has 1 N–H and O–H groups in total. The molecule has 0 unspecified atom stereocenters. The van der Waals surface area contributed by atoms with E-state index in [0.717, 1.165) is 11.3 Å². The van der Waals surface area contributed by atoms with Crippen LogP contribution in [0.2, 0.25) is 0 Å². The van der Waals surface area contributed by atoms with Gasteiger partial charge in [-0.25, -0.2) is 4.39 Å². The number of thiophene rings is 1. The number of carbonyl (C=O) groups is 1. The second-order valence-corrected chi connectivity index (χ2v) is 5.62. The van der Waals surface area contributed by atoms with Gasteiger partial charge in [-0.15, -0.1) is 11.3 Å². The zero-order valence-corrected chi connectivity index (χ0v) is 12.9. The quantitative estimate of drug-likeness (QED) is 0.733. The number of ether oxygens (including phenoxy) is 1. The van der Waals surface area contributed by atoms with Gasteiger partial charge in [0.15, 0.2) is 0 Å². The van der Waals surface area contributed by atoms with Gasteiger partial charge in [0, 0.05) is 18.1 Å². The molecule has 0 bridgehead atoms. The summed E-state index contributed by atoms with van der Waals surface area (Å²) in [4.78, 5) is 12.2. The van der Waals surface area contributed by atoms with Gasteiger partial charge in [0.25, 0.3) is 5.91 Å². The maximum atomic E-state index is 14.0. The monoisotopic (exact) mass is 352 g/mol. The largest absolute Gasteiger partial charge is 0.433 e.